The van der Waals surface area contributed by atoms with Crippen LogP contribution >= 0.6 is 0 Å². The maximum atomic E-state index is 12.0. The number of benzene rings is 1. The predicted octanol–water partition coefficient (Wildman–Crippen LogP) is 2.43. The van der Waals surface area contributed by atoms with Gasteiger partial charge in [-0.2, -0.15) is 0 Å². The molecule has 1 amide bonds. The van der Waals surface area contributed by atoms with E-state index in [0.717, 1.165) is 31.2 Å². The number of aliphatic imine (C=N–C) groups is 1. The van der Waals surface area contributed by atoms with Crippen molar-refractivity contribution in [1.29, 1.82) is 0 Å². The summed E-state index contributed by atoms with van der Waals surface area (Å²) < 4.78 is 0. The summed E-state index contributed by atoms with van der Waals surface area (Å²) in [7, 11) is 0. The largest absolute Gasteiger partial charge is 0.326 e. The average Bonchev–Trinajstić information content (AvgIpc) is 2.97. The van der Waals surface area contributed by atoms with Gasteiger partial charge in [-0.05, 0) is 25.7 Å². The van der Waals surface area contributed by atoms with Crippen molar-refractivity contribution in [2.24, 2.45) is 4.99 Å². The lowest BCUT2D eigenvalue weighted by molar-refractivity contribution is -0.115. The Morgan fingerprint density at radius 2 is 1.89 bits per heavy atom. The van der Waals surface area contributed by atoms with E-state index in [1.54, 1.807) is 24.3 Å². The van der Waals surface area contributed by atoms with Gasteiger partial charge in [0, 0.05) is 5.56 Å². The second-order valence-corrected chi connectivity index (χ2v) is 4.81. The molecule has 0 atom stereocenters. The van der Waals surface area contributed by atoms with E-state index in [4.69, 9.17) is 6.57 Å². The van der Waals surface area contributed by atoms with Crippen molar-refractivity contribution in [3.05, 3.63) is 41.2 Å². The molecule has 0 bridgehead atoms. The third-order valence-corrected chi connectivity index (χ3v) is 3.59. The summed E-state index contributed by atoms with van der Waals surface area (Å²) in [4.78, 5) is 19.9. The van der Waals surface area contributed by atoms with Crippen LogP contribution in [0.1, 0.15) is 31.2 Å². The molecule has 1 aromatic carbocycles. The zero-order chi connectivity index (χ0) is 12.6. The van der Waals surface area contributed by atoms with Crippen LogP contribution in [-0.2, 0) is 4.79 Å². The van der Waals surface area contributed by atoms with Gasteiger partial charge in [0.1, 0.15) is 11.4 Å². The SMILES string of the molecule is [C-]#[N+]c1ccc(C2=NC3(CCCC3)NC2=O)cc1. The van der Waals surface area contributed by atoms with Gasteiger partial charge in [0.2, 0.25) is 0 Å². The first-order chi connectivity index (χ1) is 8.72. The molecule has 4 nitrogen and oxygen atoms in total. The lowest BCUT2D eigenvalue weighted by Gasteiger charge is -2.18. The molecule has 1 heterocycles. The normalized spacial score (nSPS) is 20.6. The van der Waals surface area contributed by atoms with E-state index in [-0.39, 0.29) is 11.6 Å². The van der Waals surface area contributed by atoms with Crippen LogP contribution in [0.3, 0.4) is 0 Å². The zero-order valence-corrected chi connectivity index (χ0v) is 9.94. The Balaban J connectivity index is 1.95. The standard InChI is InChI=1S/C14H13N3O/c1-15-11-6-4-10(5-7-11)12-13(18)17-14(16-12)8-2-3-9-14/h4-7H,2-3,8-9H2,(H,17,18). The van der Waals surface area contributed by atoms with Gasteiger partial charge < -0.3 is 5.32 Å². The summed E-state index contributed by atoms with van der Waals surface area (Å²) in [6, 6.07) is 7.02. The molecule has 2 aliphatic rings. The van der Waals surface area contributed by atoms with Crippen LogP contribution in [0.5, 0.6) is 0 Å². The highest BCUT2D eigenvalue weighted by molar-refractivity contribution is 6.46. The topological polar surface area (TPSA) is 45.8 Å². The van der Waals surface area contributed by atoms with E-state index in [1.165, 1.54) is 0 Å². The van der Waals surface area contributed by atoms with E-state index >= 15 is 0 Å². The van der Waals surface area contributed by atoms with E-state index in [1.807, 2.05) is 0 Å². The molecule has 0 unspecified atom stereocenters. The number of rotatable bonds is 1. The Labute approximate surface area is 106 Å². The molecular weight excluding hydrogens is 226 g/mol. The van der Waals surface area contributed by atoms with Crippen LogP contribution < -0.4 is 5.32 Å². The van der Waals surface area contributed by atoms with Crippen molar-refractivity contribution in [2.45, 2.75) is 31.3 Å². The molecule has 1 saturated carbocycles. The van der Waals surface area contributed by atoms with Crippen LogP contribution in [-0.4, -0.2) is 17.3 Å². The van der Waals surface area contributed by atoms with Gasteiger partial charge in [0.15, 0.2) is 5.69 Å². The summed E-state index contributed by atoms with van der Waals surface area (Å²) in [6.45, 7) is 6.91. The third-order valence-electron chi connectivity index (χ3n) is 3.59. The highest BCUT2D eigenvalue weighted by Gasteiger charge is 2.41. The van der Waals surface area contributed by atoms with Crippen molar-refractivity contribution in [1.82, 2.24) is 5.32 Å². The van der Waals surface area contributed by atoms with E-state index in [0.29, 0.717) is 11.4 Å². The number of hydrogen-bond donors (Lipinski definition) is 1. The maximum Gasteiger partial charge on any atom is 0.272 e. The quantitative estimate of drug-likeness (QED) is 0.752. The first-order valence-electron chi connectivity index (χ1n) is 6.13. The molecule has 0 radical (unpaired) electrons. The summed E-state index contributed by atoms with van der Waals surface area (Å²) in [5.41, 5.74) is 1.54. The Hall–Kier alpha value is -2.15. The molecule has 90 valence electrons. The molecule has 1 fully saturated rings. The Morgan fingerprint density at radius 3 is 2.50 bits per heavy atom. The molecule has 3 rings (SSSR count). The molecule has 18 heavy (non-hydrogen) atoms. The predicted molar refractivity (Wildman–Crippen MR) is 68.6 cm³/mol. The molecular formula is C14H13N3O. The molecule has 1 N–H and O–H groups in total. The first-order valence-corrected chi connectivity index (χ1v) is 6.13. The second-order valence-electron chi connectivity index (χ2n) is 4.81. The fourth-order valence-electron chi connectivity index (χ4n) is 2.65. The van der Waals surface area contributed by atoms with Gasteiger partial charge in [0.05, 0.1) is 6.57 Å². The Bertz CT molecular complexity index is 560. The van der Waals surface area contributed by atoms with Crippen molar-refractivity contribution in [2.75, 3.05) is 0 Å². The van der Waals surface area contributed by atoms with Crippen molar-refractivity contribution in [3.63, 3.8) is 0 Å². The van der Waals surface area contributed by atoms with Gasteiger partial charge >= 0.3 is 0 Å². The zero-order valence-electron chi connectivity index (χ0n) is 9.94. The van der Waals surface area contributed by atoms with Crippen molar-refractivity contribution >= 4 is 17.3 Å². The summed E-state index contributed by atoms with van der Waals surface area (Å²) in [6.07, 6.45) is 4.10. The van der Waals surface area contributed by atoms with Crippen LogP contribution in [0.2, 0.25) is 0 Å². The number of carbonyl (C=O) groups excluding carboxylic acids is 1. The Morgan fingerprint density at radius 1 is 1.22 bits per heavy atom. The van der Waals surface area contributed by atoms with Crippen molar-refractivity contribution in [3.8, 4) is 0 Å². The number of carbonyl (C=O) groups is 1. The Kier molecular flexibility index (Phi) is 2.41. The van der Waals surface area contributed by atoms with Gasteiger partial charge in [-0.15, -0.1) is 0 Å². The van der Waals surface area contributed by atoms with Gasteiger partial charge in [-0.3, -0.25) is 9.79 Å². The van der Waals surface area contributed by atoms with E-state index < -0.39 is 0 Å². The molecule has 0 saturated heterocycles. The van der Waals surface area contributed by atoms with Crippen molar-refractivity contribution < 1.29 is 4.79 Å². The lowest BCUT2D eigenvalue weighted by atomic mass is 10.1. The van der Waals surface area contributed by atoms with Crippen LogP contribution in [0.15, 0.2) is 29.3 Å². The highest BCUT2D eigenvalue weighted by Crippen LogP contribution is 2.34. The molecule has 1 aliphatic carbocycles. The minimum atomic E-state index is -0.342. The number of amides is 1. The number of nitrogens with zero attached hydrogens (tertiary/aromatic N) is 2. The monoisotopic (exact) mass is 239 g/mol. The number of hydrogen-bond acceptors (Lipinski definition) is 2. The smallest absolute Gasteiger partial charge is 0.272 e. The summed E-state index contributed by atoms with van der Waals surface area (Å²) >= 11 is 0. The fraction of sp³-hybridized carbons (Fsp3) is 0.357. The molecule has 1 aliphatic heterocycles. The lowest BCUT2D eigenvalue weighted by Crippen LogP contribution is -2.39. The highest BCUT2D eigenvalue weighted by atomic mass is 16.2. The maximum absolute atomic E-state index is 12.0. The molecule has 0 aromatic heterocycles. The second kappa shape index (κ2) is 3.95. The minimum absolute atomic E-state index is 0.0903. The first kappa shape index (κ1) is 11.0. The van der Waals surface area contributed by atoms with Crippen LogP contribution in [0.4, 0.5) is 5.69 Å². The molecule has 1 spiro atoms. The van der Waals surface area contributed by atoms with Gasteiger partial charge in [-0.25, -0.2) is 4.85 Å². The summed E-state index contributed by atoms with van der Waals surface area (Å²) in [5, 5.41) is 3.00. The van der Waals surface area contributed by atoms with Crippen LogP contribution in [0.25, 0.3) is 4.85 Å². The van der Waals surface area contributed by atoms with Crippen LogP contribution in [0, 0.1) is 6.57 Å². The third kappa shape index (κ3) is 1.68. The minimum Gasteiger partial charge on any atom is -0.326 e. The van der Waals surface area contributed by atoms with E-state index in [2.05, 4.69) is 15.2 Å². The van der Waals surface area contributed by atoms with E-state index in [9.17, 15) is 4.79 Å². The van der Waals surface area contributed by atoms with Gasteiger partial charge in [0.25, 0.3) is 5.91 Å². The number of nitrogens with one attached hydrogen (secondary N) is 1. The average molecular weight is 239 g/mol. The fourth-order valence-corrected chi connectivity index (χ4v) is 2.65. The molecule has 1 aromatic rings. The molecule has 4 heteroatoms. The van der Waals surface area contributed by atoms with Gasteiger partial charge in [-0.1, -0.05) is 24.3 Å². The summed E-state index contributed by atoms with van der Waals surface area (Å²) in [5.74, 6) is -0.0903.